The summed E-state index contributed by atoms with van der Waals surface area (Å²) in [5, 5.41) is 8.88. The van der Waals surface area contributed by atoms with E-state index in [0.29, 0.717) is 10.9 Å². The van der Waals surface area contributed by atoms with Gasteiger partial charge in [0.25, 0.3) is 0 Å². The van der Waals surface area contributed by atoms with Gasteiger partial charge >= 0.3 is 5.97 Å². The standard InChI is InChI=1S/C8H6BrFO2/c9-4-6-3-5(8(11)12)1-2-7(6)10/h1-3H,4H2,(H,11,12). The normalized spacial score (nSPS) is 9.83. The number of carbonyl (C=O) groups is 1. The lowest BCUT2D eigenvalue weighted by Gasteiger charge is -1.99. The Morgan fingerprint density at radius 3 is 2.75 bits per heavy atom. The van der Waals surface area contributed by atoms with Gasteiger partial charge in [-0.15, -0.1) is 0 Å². The van der Waals surface area contributed by atoms with Gasteiger partial charge in [-0.05, 0) is 23.8 Å². The predicted octanol–water partition coefficient (Wildman–Crippen LogP) is 2.42. The Bertz CT molecular complexity index is 312. The Kier molecular flexibility index (Phi) is 2.81. The van der Waals surface area contributed by atoms with Crippen molar-refractivity contribution in [2.45, 2.75) is 5.33 Å². The molecular formula is C8H6BrFO2. The fraction of sp³-hybridized carbons (Fsp3) is 0.125. The van der Waals surface area contributed by atoms with E-state index < -0.39 is 11.8 Å². The van der Waals surface area contributed by atoms with Gasteiger partial charge in [0.05, 0.1) is 5.56 Å². The van der Waals surface area contributed by atoms with E-state index in [1.165, 1.54) is 12.1 Å². The Labute approximate surface area is 77.2 Å². The van der Waals surface area contributed by atoms with Gasteiger partial charge in [0.1, 0.15) is 5.82 Å². The molecule has 0 aromatic heterocycles. The van der Waals surface area contributed by atoms with Gasteiger partial charge in [0, 0.05) is 5.33 Å². The Morgan fingerprint density at radius 2 is 2.25 bits per heavy atom. The fourth-order valence-electron chi connectivity index (χ4n) is 0.810. The molecule has 1 N–H and O–H groups in total. The molecule has 0 unspecified atom stereocenters. The minimum atomic E-state index is -1.04. The molecule has 1 rings (SSSR count). The number of aromatic carboxylic acids is 1. The van der Waals surface area contributed by atoms with Crippen LogP contribution in [0.2, 0.25) is 0 Å². The summed E-state index contributed by atoms with van der Waals surface area (Å²) in [5.41, 5.74) is 0.459. The average molecular weight is 233 g/mol. The van der Waals surface area contributed by atoms with Crippen molar-refractivity contribution in [2.24, 2.45) is 0 Å². The third kappa shape index (κ3) is 1.82. The molecule has 0 spiro atoms. The molecule has 0 saturated carbocycles. The third-order valence-corrected chi connectivity index (χ3v) is 2.04. The molecule has 0 aliphatic rings. The summed E-state index contributed by atoms with van der Waals surface area (Å²) < 4.78 is 12.8. The molecule has 12 heavy (non-hydrogen) atoms. The van der Waals surface area contributed by atoms with E-state index in [-0.39, 0.29) is 5.56 Å². The van der Waals surface area contributed by atoms with Crippen LogP contribution >= 0.6 is 15.9 Å². The van der Waals surface area contributed by atoms with Crippen LogP contribution in [0.15, 0.2) is 18.2 Å². The number of halogens is 2. The summed E-state index contributed by atoms with van der Waals surface area (Å²) in [5.74, 6) is -1.44. The smallest absolute Gasteiger partial charge is 0.335 e. The Balaban J connectivity index is 3.13. The minimum absolute atomic E-state index is 0.103. The van der Waals surface area contributed by atoms with Gasteiger partial charge in [-0.3, -0.25) is 0 Å². The molecule has 0 amide bonds. The van der Waals surface area contributed by atoms with E-state index in [1.54, 1.807) is 0 Å². The van der Waals surface area contributed by atoms with Crippen molar-refractivity contribution in [3.8, 4) is 0 Å². The maximum atomic E-state index is 12.8. The van der Waals surface area contributed by atoms with Crippen LogP contribution in [0.5, 0.6) is 0 Å². The van der Waals surface area contributed by atoms with Crippen LogP contribution in [0.1, 0.15) is 15.9 Å². The van der Waals surface area contributed by atoms with Crippen LogP contribution in [-0.2, 0) is 5.33 Å². The largest absolute Gasteiger partial charge is 0.478 e. The molecule has 2 nitrogen and oxygen atoms in total. The molecule has 0 fully saturated rings. The molecule has 0 bridgehead atoms. The van der Waals surface area contributed by atoms with Crippen molar-refractivity contribution >= 4 is 21.9 Å². The predicted molar refractivity (Wildman–Crippen MR) is 46.0 cm³/mol. The van der Waals surface area contributed by atoms with Gasteiger partial charge in [-0.25, -0.2) is 9.18 Å². The van der Waals surface area contributed by atoms with Crippen LogP contribution in [0, 0.1) is 5.82 Å². The maximum Gasteiger partial charge on any atom is 0.335 e. The zero-order valence-corrected chi connectivity index (χ0v) is 7.64. The number of benzene rings is 1. The number of rotatable bonds is 2. The van der Waals surface area contributed by atoms with Crippen molar-refractivity contribution in [1.82, 2.24) is 0 Å². The Hall–Kier alpha value is -0.900. The summed E-state index contributed by atoms with van der Waals surface area (Å²) in [7, 11) is 0. The molecule has 0 radical (unpaired) electrons. The summed E-state index contributed by atoms with van der Waals surface area (Å²) in [6.07, 6.45) is 0. The van der Waals surface area contributed by atoms with Crippen molar-refractivity contribution in [2.75, 3.05) is 0 Å². The third-order valence-electron chi connectivity index (χ3n) is 1.44. The van der Waals surface area contributed by atoms with Crippen molar-refractivity contribution in [3.05, 3.63) is 35.1 Å². The molecular weight excluding hydrogens is 227 g/mol. The summed E-state index contributed by atoms with van der Waals surface area (Å²) in [6.45, 7) is 0. The fourth-order valence-corrected chi connectivity index (χ4v) is 1.24. The molecule has 0 atom stereocenters. The zero-order valence-electron chi connectivity index (χ0n) is 6.05. The number of carboxylic acids is 1. The van der Waals surface area contributed by atoms with Crippen molar-refractivity contribution in [1.29, 1.82) is 0 Å². The van der Waals surface area contributed by atoms with E-state index in [0.717, 1.165) is 6.07 Å². The molecule has 0 saturated heterocycles. The average Bonchev–Trinajstić information content (AvgIpc) is 2.05. The quantitative estimate of drug-likeness (QED) is 0.796. The minimum Gasteiger partial charge on any atom is -0.478 e. The number of carboxylic acid groups (broad SMARTS) is 1. The molecule has 64 valence electrons. The molecule has 0 aliphatic heterocycles. The topological polar surface area (TPSA) is 37.3 Å². The molecule has 4 heteroatoms. The number of hydrogen-bond acceptors (Lipinski definition) is 1. The van der Waals surface area contributed by atoms with Gasteiger partial charge in [-0.1, -0.05) is 15.9 Å². The van der Waals surface area contributed by atoms with E-state index in [1.807, 2.05) is 0 Å². The van der Waals surface area contributed by atoms with Gasteiger partial charge in [0.15, 0.2) is 0 Å². The van der Waals surface area contributed by atoms with Gasteiger partial charge in [0.2, 0.25) is 0 Å². The number of hydrogen-bond donors (Lipinski definition) is 1. The highest BCUT2D eigenvalue weighted by Crippen LogP contribution is 2.13. The van der Waals surface area contributed by atoms with Crippen LogP contribution < -0.4 is 0 Å². The highest BCUT2D eigenvalue weighted by atomic mass is 79.9. The van der Waals surface area contributed by atoms with Gasteiger partial charge < -0.3 is 5.11 Å². The molecule has 1 aromatic carbocycles. The van der Waals surface area contributed by atoms with E-state index in [4.69, 9.17) is 5.11 Å². The van der Waals surface area contributed by atoms with E-state index in [2.05, 4.69) is 15.9 Å². The van der Waals surface area contributed by atoms with Gasteiger partial charge in [-0.2, -0.15) is 0 Å². The lowest BCUT2D eigenvalue weighted by Crippen LogP contribution is -1.98. The second-order valence-electron chi connectivity index (χ2n) is 2.24. The molecule has 0 heterocycles. The highest BCUT2D eigenvalue weighted by Gasteiger charge is 2.06. The lowest BCUT2D eigenvalue weighted by molar-refractivity contribution is 0.0696. The van der Waals surface area contributed by atoms with Crippen molar-refractivity contribution < 1.29 is 14.3 Å². The summed E-state index contributed by atoms with van der Waals surface area (Å²) in [4.78, 5) is 10.4. The first-order valence-electron chi connectivity index (χ1n) is 3.23. The van der Waals surface area contributed by atoms with Crippen LogP contribution in [0.25, 0.3) is 0 Å². The molecule has 0 aliphatic carbocycles. The SMILES string of the molecule is O=C(O)c1ccc(F)c(CBr)c1. The van der Waals surface area contributed by atoms with Crippen molar-refractivity contribution in [3.63, 3.8) is 0 Å². The first kappa shape index (κ1) is 9.19. The second kappa shape index (κ2) is 3.67. The van der Waals surface area contributed by atoms with E-state index in [9.17, 15) is 9.18 Å². The Morgan fingerprint density at radius 1 is 1.58 bits per heavy atom. The highest BCUT2D eigenvalue weighted by molar-refractivity contribution is 9.08. The molecule has 1 aromatic rings. The summed E-state index contributed by atoms with van der Waals surface area (Å²) in [6, 6.07) is 3.70. The first-order chi connectivity index (χ1) is 5.65. The zero-order chi connectivity index (χ0) is 9.14. The number of alkyl halides is 1. The maximum absolute atomic E-state index is 12.8. The monoisotopic (exact) mass is 232 g/mol. The van der Waals surface area contributed by atoms with Crippen LogP contribution in [0.4, 0.5) is 4.39 Å². The van der Waals surface area contributed by atoms with E-state index >= 15 is 0 Å². The van der Waals surface area contributed by atoms with Crippen LogP contribution in [0.3, 0.4) is 0 Å². The first-order valence-corrected chi connectivity index (χ1v) is 4.35. The van der Waals surface area contributed by atoms with Crippen LogP contribution in [-0.4, -0.2) is 11.1 Å². The lowest BCUT2D eigenvalue weighted by atomic mass is 10.1. The summed E-state index contributed by atoms with van der Waals surface area (Å²) >= 11 is 3.06. The second-order valence-corrected chi connectivity index (χ2v) is 2.81.